The standard InChI is InChI=1S/C29H29ClN6O2/c1-17(2)27(37)33-19-12-10-18(11-13-19)28(38)34-20-6-5-7-21(14-20)35-29-32-16-24(30)26(36-29)23-15-31-25-9-4-3-8-22(23)25/h3-4,8-13,15-16,20-21,31H,1,5-7,14H2,2H3,(H,33,37)(H,34,38)(H,32,35,36)/t20-,21+/m0/s1. The first kappa shape index (κ1) is 25.5. The first-order valence-corrected chi connectivity index (χ1v) is 13.0. The van der Waals surface area contributed by atoms with Gasteiger partial charge in [-0.1, -0.05) is 36.4 Å². The molecular weight excluding hydrogens is 500 g/mol. The number of nitrogens with one attached hydrogen (secondary N) is 4. The minimum atomic E-state index is -0.249. The number of rotatable bonds is 7. The average Bonchev–Trinajstić information content (AvgIpc) is 3.34. The fraction of sp³-hybridized carbons (Fsp3) is 0.241. The minimum absolute atomic E-state index is 0.0249. The molecule has 1 aliphatic rings. The lowest BCUT2D eigenvalue weighted by molar-refractivity contribution is -0.112. The molecular formula is C29H29ClN6O2. The Balaban J connectivity index is 1.22. The Morgan fingerprint density at radius 1 is 1.08 bits per heavy atom. The van der Waals surface area contributed by atoms with Gasteiger partial charge < -0.3 is 20.9 Å². The van der Waals surface area contributed by atoms with Crippen LogP contribution in [0.2, 0.25) is 5.02 Å². The van der Waals surface area contributed by atoms with Crippen LogP contribution in [0.3, 0.4) is 0 Å². The molecule has 4 N–H and O–H groups in total. The fourth-order valence-corrected chi connectivity index (χ4v) is 4.93. The highest BCUT2D eigenvalue weighted by atomic mass is 35.5. The van der Waals surface area contributed by atoms with Crippen LogP contribution in [0.4, 0.5) is 11.6 Å². The number of halogens is 1. The number of carbonyl (C=O) groups excluding carboxylic acids is 2. The van der Waals surface area contributed by atoms with Crippen LogP contribution in [0.15, 0.2) is 73.1 Å². The van der Waals surface area contributed by atoms with Crippen LogP contribution < -0.4 is 16.0 Å². The molecule has 2 aromatic heterocycles. The van der Waals surface area contributed by atoms with Crippen LogP contribution in [0.25, 0.3) is 22.2 Å². The van der Waals surface area contributed by atoms with Crippen LogP contribution in [-0.4, -0.2) is 38.8 Å². The second-order valence-corrected chi connectivity index (χ2v) is 10.0. The van der Waals surface area contributed by atoms with Crippen molar-refractivity contribution >= 4 is 46.0 Å². The quantitative estimate of drug-likeness (QED) is 0.222. The summed E-state index contributed by atoms with van der Waals surface area (Å²) in [6, 6.07) is 15.0. The fourth-order valence-electron chi connectivity index (χ4n) is 4.74. The Bertz CT molecular complexity index is 1500. The molecule has 5 rings (SSSR count). The molecule has 194 valence electrons. The van der Waals surface area contributed by atoms with E-state index in [1.54, 1.807) is 37.4 Å². The van der Waals surface area contributed by atoms with E-state index >= 15 is 0 Å². The number of hydrogen-bond donors (Lipinski definition) is 4. The van der Waals surface area contributed by atoms with Gasteiger partial charge in [-0.25, -0.2) is 9.97 Å². The van der Waals surface area contributed by atoms with Crippen LogP contribution in [0.1, 0.15) is 43.0 Å². The molecule has 2 amide bonds. The largest absolute Gasteiger partial charge is 0.360 e. The van der Waals surface area contributed by atoms with Gasteiger partial charge in [-0.3, -0.25) is 9.59 Å². The highest BCUT2D eigenvalue weighted by Crippen LogP contribution is 2.32. The predicted octanol–water partition coefficient (Wildman–Crippen LogP) is 5.95. The Morgan fingerprint density at radius 2 is 1.84 bits per heavy atom. The Hall–Kier alpha value is -4.17. The topological polar surface area (TPSA) is 112 Å². The first-order valence-electron chi connectivity index (χ1n) is 12.6. The Labute approximate surface area is 225 Å². The maximum atomic E-state index is 12.9. The number of benzene rings is 2. The van der Waals surface area contributed by atoms with Crippen molar-refractivity contribution in [3.8, 4) is 11.3 Å². The molecule has 2 atom stereocenters. The second-order valence-electron chi connectivity index (χ2n) is 9.63. The Morgan fingerprint density at radius 3 is 2.63 bits per heavy atom. The second kappa shape index (κ2) is 11.1. The molecule has 2 heterocycles. The van der Waals surface area contributed by atoms with E-state index in [4.69, 9.17) is 16.6 Å². The third-order valence-corrected chi connectivity index (χ3v) is 7.00. The van der Waals surface area contributed by atoms with Gasteiger partial charge in [-0.2, -0.15) is 0 Å². The highest BCUT2D eigenvalue weighted by molar-refractivity contribution is 6.33. The van der Waals surface area contributed by atoms with Crippen LogP contribution >= 0.6 is 11.6 Å². The molecule has 9 heteroatoms. The van der Waals surface area contributed by atoms with Gasteiger partial charge in [0.25, 0.3) is 11.8 Å². The van der Waals surface area contributed by atoms with Gasteiger partial charge in [-0.05, 0) is 62.9 Å². The normalized spacial score (nSPS) is 17.1. The summed E-state index contributed by atoms with van der Waals surface area (Å²) >= 11 is 6.48. The zero-order valence-corrected chi connectivity index (χ0v) is 21.8. The molecule has 8 nitrogen and oxygen atoms in total. The van der Waals surface area contributed by atoms with Gasteiger partial charge in [0.15, 0.2) is 0 Å². The van der Waals surface area contributed by atoms with Gasteiger partial charge in [0.1, 0.15) is 0 Å². The number of nitrogens with zero attached hydrogens (tertiary/aromatic N) is 2. The van der Waals surface area contributed by atoms with Crippen molar-refractivity contribution in [2.45, 2.75) is 44.7 Å². The first-order chi connectivity index (χ1) is 18.4. The van der Waals surface area contributed by atoms with E-state index in [2.05, 4.69) is 32.5 Å². The molecule has 4 aromatic rings. The summed E-state index contributed by atoms with van der Waals surface area (Å²) in [4.78, 5) is 37.1. The number of hydrogen-bond acceptors (Lipinski definition) is 5. The van der Waals surface area contributed by atoms with Crippen LogP contribution in [0.5, 0.6) is 0 Å². The summed E-state index contributed by atoms with van der Waals surface area (Å²) < 4.78 is 0. The van der Waals surface area contributed by atoms with Crippen molar-refractivity contribution < 1.29 is 9.59 Å². The molecule has 1 saturated carbocycles. The summed E-state index contributed by atoms with van der Waals surface area (Å²) in [5.74, 6) is 0.123. The summed E-state index contributed by atoms with van der Waals surface area (Å²) in [6.07, 6.45) is 7.12. The van der Waals surface area contributed by atoms with E-state index in [-0.39, 0.29) is 23.9 Å². The summed E-state index contributed by atoms with van der Waals surface area (Å²) in [6.45, 7) is 5.27. The molecule has 38 heavy (non-hydrogen) atoms. The number of aromatic nitrogens is 3. The van der Waals surface area contributed by atoms with Gasteiger partial charge in [0.05, 0.1) is 16.9 Å². The molecule has 0 radical (unpaired) electrons. The van der Waals surface area contributed by atoms with Crippen molar-refractivity contribution in [3.05, 3.63) is 83.7 Å². The molecule has 0 spiro atoms. The highest BCUT2D eigenvalue weighted by Gasteiger charge is 2.25. The summed E-state index contributed by atoms with van der Waals surface area (Å²) in [5, 5.41) is 10.9. The minimum Gasteiger partial charge on any atom is -0.360 e. The summed E-state index contributed by atoms with van der Waals surface area (Å²) in [5.41, 5.74) is 4.19. The number of aromatic amines is 1. The van der Waals surface area contributed by atoms with Crippen LogP contribution in [-0.2, 0) is 4.79 Å². The monoisotopic (exact) mass is 528 g/mol. The van der Waals surface area contributed by atoms with Crippen molar-refractivity contribution in [3.63, 3.8) is 0 Å². The van der Waals surface area contributed by atoms with Crippen molar-refractivity contribution in [1.29, 1.82) is 0 Å². The summed E-state index contributed by atoms with van der Waals surface area (Å²) in [7, 11) is 0. The zero-order chi connectivity index (χ0) is 26.6. The van der Waals surface area contributed by atoms with E-state index in [0.29, 0.717) is 33.5 Å². The lowest BCUT2D eigenvalue weighted by atomic mass is 9.91. The maximum Gasteiger partial charge on any atom is 0.251 e. The molecule has 1 aliphatic carbocycles. The van der Waals surface area contributed by atoms with Gasteiger partial charge in [0, 0.05) is 51.6 Å². The number of amides is 2. The van der Waals surface area contributed by atoms with Gasteiger partial charge in [0.2, 0.25) is 5.95 Å². The molecule has 0 bridgehead atoms. The molecule has 1 fully saturated rings. The SMILES string of the molecule is C=C(C)C(=O)Nc1ccc(C(=O)N[C@H]2CCC[C@@H](Nc3ncc(Cl)c(-c4c[nH]c5ccccc45)n3)C2)cc1. The van der Waals surface area contributed by atoms with Gasteiger partial charge >= 0.3 is 0 Å². The smallest absolute Gasteiger partial charge is 0.251 e. The number of H-pyrrole nitrogens is 1. The third-order valence-electron chi connectivity index (χ3n) is 6.72. The van der Waals surface area contributed by atoms with Crippen molar-refractivity contribution in [2.24, 2.45) is 0 Å². The van der Waals surface area contributed by atoms with Crippen LogP contribution in [0, 0.1) is 0 Å². The van der Waals surface area contributed by atoms with Gasteiger partial charge in [-0.15, -0.1) is 0 Å². The molecule has 0 unspecified atom stereocenters. The van der Waals surface area contributed by atoms with E-state index in [1.807, 2.05) is 30.5 Å². The molecule has 0 saturated heterocycles. The molecule has 0 aliphatic heterocycles. The van der Waals surface area contributed by atoms with E-state index in [0.717, 1.165) is 42.1 Å². The number of para-hydroxylation sites is 1. The van der Waals surface area contributed by atoms with E-state index in [1.165, 1.54) is 0 Å². The van der Waals surface area contributed by atoms with Crippen molar-refractivity contribution in [1.82, 2.24) is 20.3 Å². The number of anilines is 2. The zero-order valence-electron chi connectivity index (χ0n) is 21.1. The lowest BCUT2D eigenvalue weighted by Gasteiger charge is -2.30. The number of carbonyl (C=O) groups is 2. The number of fused-ring (bicyclic) bond motifs is 1. The van der Waals surface area contributed by atoms with Crippen molar-refractivity contribution in [2.75, 3.05) is 10.6 Å². The van der Waals surface area contributed by atoms with E-state index < -0.39 is 0 Å². The molecule has 2 aromatic carbocycles. The lowest BCUT2D eigenvalue weighted by Crippen LogP contribution is -2.42. The maximum absolute atomic E-state index is 12.9. The predicted molar refractivity (Wildman–Crippen MR) is 151 cm³/mol. The Kier molecular flexibility index (Phi) is 7.42. The average molecular weight is 529 g/mol. The third kappa shape index (κ3) is 5.70. The van der Waals surface area contributed by atoms with E-state index in [9.17, 15) is 9.59 Å².